The normalized spacial score (nSPS) is 13.7. The Morgan fingerprint density at radius 3 is 2.30 bits per heavy atom. The topological polar surface area (TPSA) is 66.5 Å². The molecule has 1 amide bonds. The molecule has 1 heterocycles. The summed E-state index contributed by atoms with van der Waals surface area (Å²) in [6.07, 6.45) is 0.838. The van der Waals surface area contributed by atoms with Gasteiger partial charge in [0.2, 0.25) is 10.0 Å². The molecule has 0 saturated carbocycles. The third-order valence-corrected chi connectivity index (χ3v) is 6.63. The standard InChI is InChI=1S/C23H21FN2O3S/c24-21-9-11-22(12-10-21)30(28,29)25-15-17-5-7-19(8-6-17)23(27)26-14-13-18-3-1-2-4-20(18)16-26/h1-12,25H,13-16H2. The van der Waals surface area contributed by atoms with Gasteiger partial charge in [0.05, 0.1) is 4.90 Å². The van der Waals surface area contributed by atoms with Gasteiger partial charge < -0.3 is 4.90 Å². The maximum Gasteiger partial charge on any atom is 0.254 e. The fraction of sp³-hybridized carbons (Fsp3) is 0.174. The van der Waals surface area contributed by atoms with Crippen LogP contribution in [0.4, 0.5) is 4.39 Å². The van der Waals surface area contributed by atoms with Gasteiger partial charge in [-0.3, -0.25) is 4.79 Å². The second-order valence-corrected chi connectivity index (χ2v) is 8.99. The van der Waals surface area contributed by atoms with E-state index in [4.69, 9.17) is 0 Å². The van der Waals surface area contributed by atoms with Crippen molar-refractivity contribution in [2.24, 2.45) is 0 Å². The third kappa shape index (κ3) is 4.42. The van der Waals surface area contributed by atoms with Crippen LogP contribution in [0.2, 0.25) is 0 Å². The van der Waals surface area contributed by atoms with E-state index in [2.05, 4.69) is 10.8 Å². The summed E-state index contributed by atoms with van der Waals surface area (Å²) in [5.74, 6) is -0.533. The van der Waals surface area contributed by atoms with Crippen LogP contribution in [0.1, 0.15) is 27.0 Å². The van der Waals surface area contributed by atoms with Crippen molar-refractivity contribution >= 4 is 15.9 Å². The van der Waals surface area contributed by atoms with Crippen LogP contribution < -0.4 is 4.72 Å². The zero-order valence-electron chi connectivity index (χ0n) is 16.2. The van der Waals surface area contributed by atoms with Gasteiger partial charge >= 0.3 is 0 Å². The molecular formula is C23H21FN2O3S. The lowest BCUT2D eigenvalue weighted by Gasteiger charge is -2.29. The van der Waals surface area contributed by atoms with E-state index in [0.717, 1.165) is 24.1 Å². The molecule has 0 atom stereocenters. The van der Waals surface area contributed by atoms with Gasteiger partial charge in [0, 0.05) is 25.2 Å². The molecule has 0 unspecified atom stereocenters. The van der Waals surface area contributed by atoms with E-state index >= 15 is 0 Å². The van der Waals surface area contributed by atoms with Gasteiger partial charge in [0.1, 0.15) is 5.82 Å². The molecule has 4 rings (SSSR count). The summed E-state index contributed by atoms with van der Waals surface area (Å²) in [6.45, 7) is 1.34. The van der Waals surface area contributed by atoms with Gasteiger partial charge in [0.15, 0.2) is 0 Å². The number of benzene rings is 3. The van der Waals surface area contributed by atoms with Crippen molar-refractivity contribution in [2.45, 2.75) is 24.4 Å². The highest BCUT2D eigenvalue weighted by molar-refractivity contribution is 7.89. The third-order valence-electron chi connectivity index (χ3n) is 5.21. The summed E-state index contributed by atoms with van der Waals surface area (Å²) in [7, 11) is -3.74. The monoisotopic (exact) mass is 424 g/mol. The van der Waals surface area contributed by atoms with Crippen LogP contribution >= 0.6 is 0 Å². The summed E-state index contributed by atoms with van der Waals surface area (Å²) in [6, 6.07) is 19.7. The van der Waals surface area contributed by atoms with Crippen molar-refractivity contribution in [1.29, 1.82) is 0 Å². The molecule has 0 saturated heterocycles. The molecule has 0 radical (unpaired) electrons. The molecule has 3 aromatic carbocycles. The van der Waals surface area contributed by atoms with Crippen LogP contribution in [0, 0.1) is 5.82 Å². The smallest absolute Gasteiger partial charge is 0.254 e. The zero-order chi connectivity index (χ0) is 21.1. The first-order chi connectivity index (χ1) is 14.4. The van der Waals surface area contributed by atoms with Crippen molar-refractivity contribution in [3.63, 3.8) is 0 Å². The highest BCUT2D eigenvalue weighted by atomic mass is 32.2. The Kier molecular flexibility index (Phi) is 5.65. The molecule has 1 N–H and O–H groups in total. The van der Waals surface area contributed by atoms with E-state index in [1.165, 1.54) is 23.3 Å². The average Bonchev–Trinajstić information content (AvgIpc) is 2.77. The molecule has 0 aliphatic carbocycles. The van der Waals surface area contributed by atoms with Crippen molar-refractivity contribution < 1.29 is 17.6 Å². The zero-order valence-corrected chi connectivity index (χ0v) is 17.0. The number of carbonyl (C=O) groups excluding carboxylic acids is 1. The number of hydrogen-bond acceptors (Lipinski definition) is 3. The molecule has 30 heavy (non-hydrogen) atoms. The maximum absolute atomic E-state index is 13.0. The highest BCUT2D eigenvalue weighted by Crippen LogP contribution is 2.20. The Morgan fingerprint density at radius 2 is 1.60 bits per heavy atom. The van der Waals surface area contributed by atoms with Gasteiger partial charge in [-0.1, -0.05) is 36.4 Å². The van der Waals surface area contributed by atoms with E-state index in [1.807, 2.05) is 23.1 Å². The number of fused-ring (bicyclic) bond motifs is 1. The Morgan fingerprint density at radius 1 is 0.933 bits per heavy atom. The summed E-state index contributed by atoms with van der Waals surface area (Å²) in [5, 5.41) is 0. The Hall–Kier alpha value is -3.03. The van der Waals surface area contributed by atoms with E-state index in [1.54, 1.807) is 24.3 Å². The number of rotatable bonds is 5. The Balaban J connectivity index is 1.39. The molecular weight excluding hydrogens is 403 g/mol. The number of amides is 1. The van der Waals surface area contributed by atoms with Crippen molar-refractivity contribution in [3.8, 4) is 0 Å². The highest BCUT2D eigenvalue weighted by Gasteiger charge is 2.21. The van der Waals surface area contributed by atoms with Crippen molar-refractivity contribution in [1.82, 2.24) is 9.62 Å². The number of halogens is 1. The molecule has 0 aromatic heterocycles. The molecule has 0 fully saturated rings. The number of sulfonamides is 1. The number of carbonyl (C=O) groups is 1. The predicted octanol–water partition coefficient (Wildman–Crippen LogP) is 3.50. The molecule has 154 valence electrons. The summed E-state index contributed by atoms with van der Waals surface area (Å²) in [4.78, 5) is 14.7. The summed E-state index contributed by atoms with van der Waals surface area (Å²) < 4.78 is 40.1. The van der Waals surface area contributed by atoms with Crippen LogP contribution in [0.25, 0.3) is 0 Å². The Labute approximate surface area is 175 Å². The van der Waals surface area contributed by atoms with Gasteiger partial charge in [-0.15, -0.1) is 0 Å². The molecule has 1 aliphatic rings. The first-order valence-electron chi connectivity index (χ1n) is 9.63. The van der Waals surface area contributed by atoms with E-state index in [9.17, 15) is 17.6 Å². The molecule has 5 nitrogen and oxygen atoms in total. The van der Waals surface area contributed by atoms with Crippen molar-refractivity contribution in [3.05, 3.63) is 101 Å². The molecule has 0 spiro atoms. The van der Waals surface area contributed by atoms with Crippen molar-refractivity contribution in [2.75, 3.05) is 6.54 Å². The maximum atomic E-state index is 13.0. The van der Waals surface area contributed by atoms with Crippen LogP contribution in [0.5, 0.6) is 0 Å². The second kappa shape index (κ2) is 8.38. The molecule has 0 bridgehead atoms. The lowest BCUT2D eigenvalue weighted by Crippen LogP contribution is -2.35. The van der Waals surface area contributed by atoms with Crippen LogP contribution in [0.15, 0.2) is 77.7 Å². The first-order valence-corrected chi connectivity index (χ1v) is 11.1. The number of nitrogens with zero attached hydrogens (tertiary/aromatic N) is 1. The Bertz CT molecular complexity index is 1160. The fourth-order valence-electron chi connectivity index (χ4n) is 3.49. The fourth-order valence-corrected chi connectivity index (χ4v) is 4.51. The van der Waals surface area contributed by atoms with E-state index in [-0.39, 0.29) is 17.3 Å². The first kappa shape index (κ1) is 20.3. The molecule has 7 heteroatoms. The lowest BCUT2D eigenvalue weighted by molar-refractivity contribution is 0.0734. The largest absolute Gasteiger partial charge is 0.334 e. The second-order valence-electron chi connectivity index (χ2n) is 7.22. The van der Waals surface area contributed by atoms with Gasteiger partial charge in [-0.25, -0.2) is 17.5 Å². The minimum atomic E-state index is -3.74. The summed E-state index contributed by atoms with van der Waals surface area (Å²) >= 11 is 0. The van der Waals surface area contributed by atoms with Crippen LogP contribution in [-0.4, -0.2) is 25.8 Å². The SMILES string of the molecule is O=C(c1ccc(CNS(=O)(=O)c2ccc(F)cc2)cc1)N1CCc2ccccc2C1. The summed E-state index contributed by atoms with van der Waals surface area (Å²) in [5.41, 5.74) is 3.75. The van der Waals surface area contributed by atoms with Gasteiger partial charge in [-0.2, -0.15) is 0 Å². The number of nitrogens with one attached hydrogen (secondary N) is 1. The minimum Gasteiger partial charge on any atom is -0.334 e. The predicted molar refractivity (Wildman–Crippen MR) is 112 cm³/mol. The van der Waals surface area contributed by atoms with Crippen LogP contribution in [0.3, 0.4) is 0 Å². The quantitative estimate of drug-likeness (QED) is 0.682. The van der Waals surface area contributed by atoms with E-state index in [0.29, 0.717) is 18.7 Å². The van der Waals surface area contributed by atoms with Crippen LogP contribution in [-0.2, 0) is 29.5 Å². The molecule has 1 aliphatic heterocycles. The minimum absolute atomic E-state index is 0.000998. The lowest BCUT2D eigenvalue weighted by atomic mass is 9.99. The molecule has 3 aromatic rings. The van der Waals surface area contributed by atoms with Gasteiger partial charge in [-0.05, 0) is 59.5 Å². The van der Waals surface area contributed by atoms with E-state index < -0.39 is 15.8 Å². The van der Waals surface area contributed by atoms with Gasteiger partial charge in [0.25, 0.3) is 5.91 Å². The average molecular weight is 424 g/mol. The number of hydrogen-bond donors (Lipinski definition) is 1.